The Morgan fingerprint density at radius 1 is 0.875 bits per heavy atom. The molecule has 0 N–H and O–H groups in total. The van der Waals surface area contributed by atoms with E-state index in [-0.39, 0.29) is 0 Å². The number of rotatable bonds is 10. The predicted octanol–water partition coefficient (Wildman–Crippen LogP) is 5.20. The van der Waals surface area contributed by atoms with Crippen LogP contribution in [0.5, 0.6) is 0 Å². The smallest absolute Gasteiger partial charge is 0.0199 e. The molecule has 0 spiro atoms. The highest BCUT2D eigenvalue weighted by atomic mass is 14.0. The lowest BCUT2D eigenvalue weighted by atomic mass is 10.0. The molecule has 0 nitrogen and oxygen atoms in total. The van der Waals surface area contributed by atoms with Crippen molar-refractivity contribution in [3.63, 3.8) is 0 Å². The highest BCUT2D eigenvalue weighted by Crippen LogP contribution is 2.12. The molecule has 0 fully saturated rings. The van der Waals surface area contributed by atoms with Crippen molar-refractivity contribution in [1.29, 1.82) is 0 Å². The fraction of sp³-hybridized carbons (Fsp3) is 0.750. The van der Waals surface area contributed by atoms with Crippen molar-refractivity contribution in [1.82, 2.24) is 0 Å². The van der Waals surface area contributed by atoms with Gasteiger partial charge in [0.25, 0.3) is 0 Å². The molecule has 0 aliphatic rings. The second-order valence-corrected chi connectivity index (χ2v) is 4.69. The van der Waals surface area contributed by atoms with Crippen LogP contribution in [0, 0.1) is 31.6 Å². The topological polar surface area (TPSA) is 0 Å². The van der Waals surface area contributed by atoms with Crippen molar-refractivity contribution in [2.24, 2.45) is 5.92 Å². The van der Waals surface area contributed by atoms with E-state index in [2.05, 4.69) is 32.6 Å². The SMILES string of the molecule is [CH2]C#CC(C)CCCCCCCCCC[CH2]. The van der Waals surface area contributed by atoms with Crippen LogP contribution in [0.15, 0.2) is 0 Å². The molecule has 0 aliphatic heterocycles. The van der Waals surface area contributed by atoms with Gasteiger partial charge < -0.3 is 0 Å². The van der Waals surface area contributed by atoms with Crippen LogP contribution in [0.25, 0.3) is 0 Å². The minimum Gasteiger partial charge on any atom is -0.102 e. The van der Waals surface area contributed by atoms with Gasteiger partial charge in [-0.2, -0.15) is 0 Å². The molecule has 92 valence electrons. The van der Waals surface area contributed by atoms with Crippen LogP contribution in [-0.4, -0.2) is 0 Å². The standard InChI is InChI=1S/C16H28/c1-4-6-7-8-9-10-11-12-13-15-16(3)14-5-2/h16H,1-2,4,6-13,15H2,3H3. The lowest BCUT2D eigenvalue weighted by Gasteiger charge is -2.04. The molecular formula is C16H28. The zero-order valence-electron chi connectivity index (χ0n) is 11.1. The maximum Gasteiger partial charge on any atom is 0.0199 e. The summed E-state index contributed by atoms with van der Waals surface area (Å²) < 4.78 is 0. The van der Waals surface area contributed by atoms with Crippen LogP contribution in [0.4, 0.5) is 0 Å². The molecule has 0 aromatic carbocycles. The van der Waals surface area contributed by atoms with Crippen molar-refractivity contribution in [2.75, 3.05) is 0 Å². The van der Waals surface area contributed by atoms with Gasteiger partial charge in [0.1, 0.15) is 0 Å². The molecule has 1 atom stereocenters. The number of unbranched alkanes of at least 4 members (excludes halogenated alkanes) is 8. The van der Waals surface area contributed by atoms with E-state index in [1.165, 1.54) is 57.8 Å². The van der Waals surface area contributed by atoms with Crippen LogP contribution < -0.4 is 0 Å². The van der Waals surface area contributed by atoms with Gasteiger partial charge in [-0.3, -0.25) is 0 Å². The lowest BCUT2D eigenvalue weighted by molar-refractivity contribution is 0.536. The van der Waals surface area contributed by atoms with E-state index in [0.717, 1.165) is 6.42 Å². The van der Waals surface area contributed by atoms with Gasteiger partial charge in [-0.25, -0.2) is 0 Å². The van der Waals surface area contributed by atoms with Gasteiger partial charge in [-0.15, -0.1) is 11.8 Å². The average molecular weight is 220 g/mol. The molecule has 0 heteroatoms. The molecule has 0 saturated heterocycles. The van der Waals surface area contributed by atoms with Gasteiger partial charge in [-0.05, 0) is 6.42 Å². The summed E-state index contributed by atoms with van der Waals surface area (Å²) in [5.41, 5.74) is 0. The molecule has 0 aromatic rings. The third kappa shape index (κ3) is 11.6. The average Bonchev–Trinajstić information content (AvgIpc) is 2.27. The van der Waals surface area contributed by atoms with E-state index in [4.69, 9.17) is 0 Å². The Bertz CT molecular complexity index is 182. The summed E-state index contributed by atoms with van der Waals surface area (Å²) in [6.45, 7) is 9.60. The summed E-state index contributed by atoms with van der Waals surface area (Å²) in [6, 6.07) is 0. The molecule has 0 amide bonds. The first-order valence-corrected chi connectivity index (χ1v) is 6.88. The summed E-state index contributed by atoms with van der Waals surface area (Å²) in [7, 11) is 0. The van der Waals surface area contributed by atoms with Gasteiger partial charge >= 0.3 is 0 Å². The maximum absolute atomic E-state index is 3.86. The molecule has 0 rings (SSSR count). The second kappa shape index (κ2) is 12.6. The Kier molecular flexibility index (Phi) is 12.3. The summed E-state index contributed by atoms with van der Waals surface area (Å²) in [4.78, 5) is 0. The fourth-order valence-electron chi connectivity index (χ4n) is 1.93. The molecular weight excluding hydrogens is 192 g/mol. The minimum atomic E-state index is 0.537. The summed E-state index contributed by atoms with van der Waals surface area (Å²) in [5, 5.41) is 0. The Balaban J connectivity index is 3.06. The molecule has 1 unspecified atom stereocenters. The largest absolute Gasteiger partial charge is 0.102 e. The van der Waals surface area contributed by atoms with E-state index in [0.29, 0.717) is 5.92 Å². The van der Waals surface area contributed by atoms with Gasteiger partial charge in [-0.1, -0.05) is 71.6 Å². The molecule has 0 saturated carbocycles. The van der Waals surface area contributed by atoms with Gasteiger partial charge in [0.2, 0.25) is 0 Å². The predicted molar refractivity (Wildman–Crippen MR) is 73.8 cm³/mol. The van der Waals surface area contributed by atoms with Gasteiger partial charge in [0.05, 0.1) is 0 Å². The highest BCUT2D eigenvalue weighted by Gasteiger charge is 1.97. The maximum atomic E-state index is 3.86. The van der Waals surface area contributed by atoms with Gasteiger partial charge in [0, 0.05) is 12.8 Å². The molecule has 0 aromatic heterocycles. The van der Waals surface area contributed by atoms with Crippen LogP contribution in [0.1, 0.15) is 71.1 Å². The van der Waals surface area contributed by atoms with E-state index in [1.54, 1.807) is 0 Å². The van der Waals surface area contributed by atoms with E-state index < -0.39 is 0 Å². The zero-order valence-corrected chi connectivity index (χ0v) is 11.1. The zero-order chi connectivity index (χ0) is 12.1. The van der Waals surface area contributed by atoms with Crippen molar-refractivity contribution >= 4 is 0 Å². The molecule has 0 heterocycles. The Morgan fingerprint density at radius 2 is 1.38 bits per heavy atom. The highest BCUT2D eigenvalue weighted by molar-refractivity contribution is 5.04. The quantitative estimate of drug-likeness (QED) is 0.351. The van der Waals surface area contributed by atoms with Crippen molar-refractivity contribution in [3.05, 3.63) is 13.8 Å². The summed E-state index contributed by atoms with van der Waals surface area (Å²) in [6.07, 6.45) is 13.3. The monoisotopic (exact) mass is 220 g/mol. The Morgan fingerprint density at radius 3 is 1.88 bits per heavy atom. The Hall–Kier alpha value is -0.440. The summed E-state index contributed by atoms with van der Waals surface area (Å²) in [5.74, 6) is 6.38. The third-order valence-electron chi connectivity index (χ3n) is 2.99. The molecule has 0 aliphatic carbocycles. The Labute approximate surface area is 103 Å². The normalized spacial score (nSPS) is 11.9. The van der Waals surface area contributed by atoms with Crippen LogP contribution in [0.2, 0.25) is 0 Å². The minimum absolute atomic E-state index is 0.537. The first-order valence-electron chi connectivity index (χ1n) is 6.88. The summed E-state index contributed by atoms with van der Waals surface area (Å²) >= 11 is 0. The van der Waals surface area contributed by atoms with E-state index in [9.17, 15) is 0 Å². The first kappa shape index (κ1) is 15.6. The number of hydrogen-bond acceptors (Lipinski definition) is 0. The molecule has 16 heavy (non-hydrogen) atoms. The van der Waals surface area contributed by atoms with Crippen LogP contribution >= 0.6 is 0 Å². The fourth-order valence-corrected chi connectivity index (χ4v) is 1.93. The van der Waals surface area contributed by atoms with E-state index in [1.807, 2.05) is 0 Å². The van der Waals surface area contributed by atoms with E-state index >= 15 is 0 Å². The van der Waals surface area contributed by atoms with Crippen LogP contribution in [0.3, 0.4) is 0 Å². The lowest BCUT2D eigenvalue weighted by Crippen LogP contribution is -1.90. The van der Waals surface area contributed by atoms with Crippen molar-refractivity contribution in [3.8, 4) is 11.8 Å². The molecule has 0 bridgehead atoms. The van der Waals surface area contributed by atoms with Gasteiger partial charge in [0.15, 0.2) is 0 Å². The van der Waals surface area contributed by atoms with Crippen molar-refractivity contribution < 1.29 is 0 Å². The third-order valence-corrected chi connectivity index (χ3v) is 2.99. The second-order valence-electron chi connectivity index (χ2n) is 4.69. The number of hydrogen-bond donors (Lipinski definition) is 0. The molecule has 2 radical (unpaired) electrons. The van der Waals surface area contributed by atoms with Crippen LogP contribution in [-0.2, 0) is 0 Å². The first-order chi connectivity index (χ1) is 7.81. The van der Waals surface area contributed by atoms with Crippen molar-refractivity contribution in [2.45, 2.75) is 71.1 Å².